The molecule has 2 nitrogen and oxygen atoms in total. The van der Waals surface area contributed by atoms with Crippen molar-refractivity contribution in [2.75, 3.05) is 9.80 Å². The molecule has 0 fully saturated rings. The predicted molar refractivity (Wildman–Crippen MR) is 264 cm³/mol. The number of nitrogens with zero attached hydrogens (tertiary/aromatic N) is 2. The number of allylic oxidation sites excluding steroid dienone is 4. The molecule has 0 radical (unpaired) electrons. The van der Waals surface area contributed by atoms with Crippen molar-refractivity contribution in [3.63, 3.8) is 0 Å². The van der Waals surface area contributed by atoms with Gasteiger partial charge in [0.2, 0.25) is 0 Å². The van der Waals surface area contributed by atoms with Gasteiger partial charge in [0.05, 0.1) is 11.1 Å². The molecule has 3 aliphatic rings. The Morgan fingerprint density at radius 3 is 1.38 bits per heavy atom. The van der Waals surface area contributed by atoms with Crippen molar-refractivity contribution in [2.45, 2.75) is 18.3 Å². The highest BCUT2D eigenvalue weighted by Gasteiger charge is 2.53. The first-order chi connectivity index (χ1) is 31.3. The highest BCUT2D eigenvalue weighted by molar-refractivity contribution is 6.02. The zero-order chi connectivity index (χ0) is 41.7. The van der Waals surface area contributed by atoms with E-state index in [1.165, 1.54) is 72.5 Å². The second-order valence-corrected chi connectivity index (χ2v) is 16.7. The maximum atomic E-state index is 2.54. The Hall–Kier alpha value is -7.94. The molecule has 298 valence electrons. The summed E-state index contributed by atoms with van der Waals surface area (Å²) in [7, 11) is 0. The molecule has 0 heterocycles. The van der Waals surface area contributed by atoms with Crippen molar-refractivity contribution in [3.8, 4) is 33.4 Å². The molecule has 0 bridgehead atoms. The van der Waals surface area contributed by atoms with Gasteiger partial charge in [0, 0.05) is 34.0 Å². The number of rotatable bonds is 8. The number of fused-ring (bicyclic) bond motifs is 9. The van der Waals surface area contributed by atoms with Gasteiger partial charge in [0.25, 0.3) is 0 Å². The van der Waals surface area contributed by atoms with Gasteiger partial charge in [-0.1, -0.05) is 182 Å². The molecule has 1 spiro atoms. The lowest BCUT2D eigenvalue weighted by atomic mass is 9.69. The van der Waals surface area contributed by atoms with Crippen LogP contribution in [0.3, 0.4) is 0 Å². The fraction of sp³-hybridized carbons (Fsp3) is 0.0492. The molecular formula is C61H44N2. The van der Waals surface area contributed by atoms with Crippen LogP contribution in [0.1, 0.15) is 35.1 Å². The van der Waals surface area contributed by atoms with Gasteiger partial charge < -0.3 is 9.80 Å². The SMILES string of the molecule is C1=CC2=C(CC1)c1c(N(c3ccccc3)c3cccc(-c4ccccc4)c3)cc(N(c3ccccc3)c3cccc(-c4ccccc4)c3)cc1C21c2ccccc2-c2ccccc21. The first-order valence-electron chi connectivity index (χ1n) is 22.1. The van der Waals surface area contributed by atoms with E-state index in [1.54, 1.807) is 0 Å². The van der Waals surface area contributed by atoms with Crippen LogP contribution in [0.2, 0.25) is 0 Å². The summed E-state index contributed by atoms with van der Waals surface area (Å²) in [5, 5.41) is 0. The van der Waals surface area contributed by atoms with E-state index >= 15 is 0 Å². The van der Waals surface area contributed by atoms with Crippen LogP contribution in [0.25, 0.3) is 39.0 Å². The summed E-state index contributed by atoms with van der Waals surface area (Å²) < 4.78 is 0. The van der Waals surface area contributed by atoms with E-state index in [-0.39, 0.29) is 0 Å². The summed E-state index contributed by atoms with van der Waals surface area (Å²) in [4.78, 5) is 4.99. The highest BCUT2D eigenvalue weighted by atomic mass is 15.2. The van der Waals surface area contributed by atoms with Crippen LogP contribution < -0.4 is 9.80 Å². The average molecular weight is 805 g/mol. The Bertz CT molecular complexity index is 3170. The van der Waals surface area contributed by atoms with E-state index in [9.17, 15) is 0 Å². The van der Waals surface area contributed by atoms with Crippen molar-refractivity contribution in [1.82, 2.24) is 0 Å². The molecule has 0 amide bonds. The highest BCUT2D eigenvalue weighted by Crippen LogP contribution is 2.66. The normalized spacial score (nSPS) is 13.9. The van der Waals surface area contributed by atoms with Gasteiger partial charge in [-0.05, 0) is 135 Å². The Labute approximate surface area is 370 Å². The van der Waals surface area contributed by atoms with Crippen molar-refractivity contribution >= 4 is 39.7 Å². The lowest BCUT2D eigenvalue weighted by Crippen LogP contribution is -2.27. The summed E-state index contributed by atoms with van der Waals surface area (Å²) in [6, 6.07) is 84.7. The molecule has 9 aromatic rings. The fourth-order valence-electron chi connectivity index (χ4n) is 10.7. The molecule has 0 aromatic heterocycles. The molecule has 3 aliphatic carbocycles. The van der Waals surface area contributed by atoms with E-state index in [2.05, 4.69) is 252 Å². The Morgan fingerprint density at radius 1 is 0.349 bits per heavy atom. The maximum Gasteiger partial charge on any atom is 0.0723 e. The van der Waals surface area contributed by atoms with Crippen molar-refractivity contribution in [2.24, 2.45) is 0 Å². The lowest BCUT2D eigenvalue weighted by molar-refractivity contribution is 0.780. The van der Waals surface area contributed by atoms with Gasteiger partial charge in [-0.3, -0.25) is 0 Å². The van der Waals surface area contributed by atoms with Gasteiger partial charge in [0.15, 0.2) is 0 Å². The zero-order valence-electron chi connectivity index (χ0n) is 34.9. The molecule has 0 saturated carbocycles. The molecule has 0 N–H and O–H groups in total. The summed E-state index contributed by atoms with van der Waals surface area (Å²) >= 11 is 0. The summed E-state index contributed by atoms with van der Waals surface area (Å²) in [5.74, 6) is 0. The van der Waals surface area contributed by atoms with E-state index in [0.29, 0.717) is 0 Å². The van der Waals surface area contributed by atoms with Crippen LogP contribution >= 0.6 is 0 Å². The monoisotopic (exact) mass is 804 g/mol. The van der Waals surface area contributed by atoms with Gasteiger partial charge in [-0.15, -0.1) is 0 Å². The van der Waals surface area contributed by atoms with Crippen LogP contribution in [0.4, 0.5) is 34.1 Å². The number of hydrogen-bond donors (Lipinski definition) is 0. The molecule has 2 heteroatoms. The van der Waals surface area contributed by atoms with Crippen molar-refractivity contribution < 1.29 is 0 Å². The van der Waals surface area contributed by atoms with E-state index < -0.39 is 5.41 Å². The van der Waals surface area contributed by atoms with E-state index in [0.717, 1.165) is 41.3 Å². The molecule has 9 aromatic carbocycles. The summed E-state index contributed by atoms with van der Waals surface area (Å²) in [6.07, 6.45) is 6.82. The van der Waals surface area contributed by atoms with Gasteiger partial charge in [-0.25, -0.2) is 0 Å². The molecular weight excluding hydrogens is 761 g/mol. The largest absolute Gasteiger partial charge is 0.310 e. The molecule has 63 heavy (non-hydrogen) atoms. The summed E-state index contributed by atoms with van der Waals surface area (Å²) in [6.45, 7) is 0. The molecule has 0 saturated heterocycles. The second kappa shape index (κ2) is 15.2. The second-order valence-electron chi connectivity index (χ2n) is 16.7. The third-order valence-corrected chi connectivity index (χ3v) is 13.3. The minimum atomic E-state index is -0.512. The third-order valence-electron chi connectivity index (χ3n) is 13.3. The average Bonchev–Trinajstić information content (AvgIpc) is 3.83. The Balaban J connectivity index is 1.21. The molecule has 0 unspecified atom stereocenters. The van der Waals surface area contributed by atoms with Gasteiger partial charge in [0.1, 0.15) is 0 Å². The minimum Gasteiger partial charge on any atom is -0.310 e. The number of hydrogen-bond acceptors (Lipinski definition) is 2. The molecule has 0 atom stereocenters. The maximum absolute atomic E-state index is 2.54. The number of anilines is 6. The van der Waals surface area contributed by atoms with Crippen molar-refractivity contribution in [1.29, 1.82) is 0 Å². The Morgan fingerprint density at radius 2 is 0.810 bits per heavy atom. The van der Waals surface area contributed by atoms with Crippen molar-refractivity contribution in [3.05, 3.63) is 271 Å². The molecule has 12 rings (SSSR count). The summed E-state index contributed by atoms with van der Waals surface area (Å²) in [5.41, 5.74) is 21.7. The first kappa shape index (κ1) is 36.9. The topological polar surface area (TPSA) is 6.48 Å². The minimum absolute atomic E-state index is 0.512. The standard InChI is InChI=1S/C61H44N2/c1-5-21-43(22-6-1)45-25-19-31-49(39-45)62(47-27-9-3-10-28-47)51-41-58-60(54-35-15-18-38-57(54)61(58)55-36-16-13-33-52(55)53-34-14-17-37-56(53)61)59(42-51)63(48-29-11-4-12-30-48)50-32-20-26-46(40-50)44-23-7-2-8-24-44/h1-14,16-34,36-42H,15,35H2. The lowest BCUT2D eigenvalue weighted by Gasteiger charge is -2.35. The van der Waals surface area contributed by atoms with Crippen LogP contribution in [0.5, 0.6) is 0 Å². The first-order valence-corrected chi connectivity index (χ1v) is 22.1. The smallest absolute Gasteiger partial charge is 0.0723 e. The van der Waals surface area contributed by atoms with Gasteiger partial charge in [-0.2, -0.15) is 0 Å². The third kappa shape index (κ3) is 5.94. The zero-order valence-corrected chi connectivity index (χ0v) is 34.9. The fourth-order valence-corrected chi connectivity index (χ4v) is 10.7. The number of para-hydroxylation sites is 2. The Kier molecular flexibility index (Phi) is 8.90. The van der Waals surface area contributed by atoms with E-state index in [1.807, 2.05) is 0 Å². The van der Waals surface area contributed by atoms with Crippen LogP contribution in [0.15, 0.2) is 248 Å². The predicted octanol–water partition coefficient (Wildman–Crippen LogP) is 16.4. The van der Waals surface area contributed by atoms with Gasteiger partial charge >= 0.3 is 0 Å². The van der Waals surface area contributed by atoms with Crippen LogP contribution in [-0.2, 0) is 5.41 Å². The van der Waals surface area contributed by atoms with E-state index in [4.69, 9.17) is 0 Å². The molecule has 0 aliphatic heterocycles. The van der Waals surface area contributed by atoms with Crippen LogP contribution in [-0.4, -0.2) is 0 Å². The quantitative estimate of drug-likeness (QED) is 0.151. The number of benzene rings is 9. The van der Waals surface area contributed by atoms with Crippen LogP contribution in [0, 0.1) is 0 Å².